The van der Waals surface area contributed by atoms with Crippen molar-refractivity contribution in [3.63, 3.8) is 0 Å². The Labute approximate surface area is 195 Å². The maximum atomic E-state index is 13.8. The molecule has 0 aliphatic carbocycles. The minimum Gasteiger partial charge on any atom is -0.497 e. The van der Waals surface area contributed by atoms with Crippen LogP contribution in [-0.4, -0.2) is 54.6 Å². The van der Waals surface area contributed by atoms with Crippen LogP contribution in [0.2, 0.25) is 0 Å². The zero-order valence-electron chi connectivity index (χ0n) is 20.0. The van der Waals surface area contributed by atoms with Gasteiger partial charge in [-0.05, 0) is 56.6 Å². The summed E-state index contributed by atoms with van der Waals surface area (Å²) >= 11 is 0. The zero-order valence-corrected chi connectivity index (χ0v) is 20.0. The number of hydrogen-bond acceptors (Lipinski definition) is 4. The van der Waals surface area contributed by atoms with Gasteiger partial charge in [-0.2, -0.15) is 0 Å². The number of amides is 1. The number of aromatic nitrogens is 1. The molecule has 3 aromatic rings. The summed E-state index contributed by atoms with van der Waals surface area (Å²) in [6.07, 6.45) is 1.82. The number of rotatable bonds is 6. The minimum atomic E-state index is 0.0400. The largest absolute Gasteiger partial charge is 0.497 e. The molecule has 1 aliphatic heterocycles. The molecule has 174 valence electrons. The predicted molar refractivity (Wildman–Crippen MR) is 133 cm³/mol. The molecular formula is C27H33N3O3. The first-order chi connectivity index (χ1) is 15.9. The monoisotopic (exact) mass is 447 g/mol. The average molecular weight is 448 g/mol. The van der Waals surface area contributed by atoms with Crippen molar-refractivity contribution >= 4 is 16.7 Å². The first-order valence-corrected chi connectivity index (χ1v) is 11.6. The van der Waals surface area contributed by atoms with E-state index in [0.29, 0.717) is 24.4 Å². The number of carbonyl (C=O) groups excluding carboxylic acids is 1. The Hall–Kier alpha value is -3.12. The summed E-state index contributed by atoms with van der Waals surface area (Å²) in [5.41, 5.74) is 3.23. The summed E-state index contributed by atoms with van der Waals surface area (Å²) in [6, 6.07) is 16.0. The van der Waals surface area contributed by atoms with E-state index in [4.69, 9.17) is 4.74 Å². The fraction of sp³-hybridized carbons (Fsp3) is 0.407. The molecule has 0 bridgehead atoms. The van der Waals surface area contributed by atoms with E-state index in [-0.39, 0.29) is 11.5 Å². The van der Waals surface area contributed by atoms with Crippen LogP contribution in [0.5, 0.6) is 5.75 Å². The molecule has 0 radical (unpaired) electrons. The molecule has 0 unspecified atom stereocenters. The highest BCUT2D eigenvalue weighted by Crippen LogP contribution is 2.34. The molecule has 2 aromatic carbocycles. The van der Waals surface area contributed by atoms with Gasteiger partial charge < -0.3 is 19.1 Å². The van der Waals surface area contributed by atoms with E-state index in [1.165, 1.54) is 0 Å². The van der Waals surface area contributed by atoms with Crippen LogP contribution >= 0.6 is 0 Å². The Balaban J connectivity index is 1.89. The Kier molecular flexibility index (Phi) is 6.84. The van der Waals surface area contributed by atoms with Crippen molar-refractivity contribution in [2.24, 2.45) is 5.92 Å². The van der Waals surface area contributed by atoms with Gasteiger partial charge in [0.05, 0.1) is 7.11 Å². The molecule has 33 heavy (non-hydrogen) atoms. The van der Waals surface area contributed by atoms with Gasteiger partial charge in [-0.25, -0.2) is 0 Å². The van der Waals surface area contributed by atoms with Crippen LogP contribution in [0.25, 0.3) is 21.9 Å². The van der Waals surface area contributed by atoms with Crippen molar-refractivity contribution in [2.45, 2.75) is 32.9 Å². The molecular weight excluding hydrogens is 414 g/mol. The molecule has 0 atom stereocenters. The number of likely N-dealkylation sites (tertiary alicyclic amines) is 1. The molecule has 1 saturated heterocycles. The standard InChI is InChI=1S/C27H33N3O3/c1-19(31)29-14-12-20(13-15-29)17-30-25(18-28(2)3)26(21-8-6-5-7-9-21)24-16-22(33-4)10-11-23(24)27(30)32/h5-11,16,20H,12-15,17-18H2,1-4H3. The van der Waals surface area contributed by atoms with Gasteiger partial charge in [-0.15, -0.1) is 0 Å². The zero-order chi connectivity index (χ0) is 23.5. The molecule has 1 aromatic heterocycles. The molecule has 1 aliphatic rings. The lowest BCUT2D eigenvalue weighted by Gasteiger charge is -2.32. The summed E-state index contributed by atoms with van der Waals surface area (Å²) in [7, 11) is 5.72. The average Bonchev–Trinajstić information content (AvgIpc) is 2.82. The molecule has 4 rings (SSSR count). The van der Waals surface area contributed by atoms with E-state index in [2.05, 4.69) is 17.0 Å². The first kappa shape index (κ1) is 23.1. The van der Waals surface area contributed by atoms with Gasteiger partial charge in [0.25, 0.3) is 5.56 Å². The van der Waals surface area contributed by atoms with Crippen molar-refractivity contribution in [3.8, 4) is 16.9 Å². The van der Waals surface area contributed by atoms with E-state index in [1.54, 1.807) is 14.0 Å². The Morgan fingerprint density at radius 3 is 2.36 bits per heavy atom. The molecule has 6 nitrogen and oxygen atoms in total. The molecule has 1 fully saturated rings. The second kappa shape index (κ2) is 9.79. The van der Waals surface area contributed by atoms with Crippen molar-refractivity contribution < 1.29 is 9.53 Å². The number of hydrogen-bond donors (Lipinski definition) is 0. The maximum absolute atomic E-state index is 13.8. The highest BCUT2D eigenvalue weighted by Gasteiger charge is 2.25. The third kappa shape index (κ3) is 4.81. The van der Waals surface area contributed by atoms with E-state index in [1.807, 2.05) is 60.0 Å². The fourth-order valence-electron chi connectivity index (χ4n) is 4.87. The molecule has 0 spiro atoms. The SMILES string of the molecule is COc1ccc2c(=O)n(CC3CCN(C(C)=O)CC3)c(CN(C)C)c(-c3ccccc3)c2c1. The van der Waals surface area contributed by atoms with Crippen molar-refractivity contribution in [1.82, 2.24) is 14.4 Å². The minimum absolute atomic E-state index is 0.0400. The van der Waals surface area contributed by atoms with Crippen LogP contribution in [0.15, 0.2) is 53.3 Å². The summed E-state index contributed by atoms with van der Waals surface area (Å²) in [5, 5.41) is 1.63. The number of fused-ring (bicyclic) bond motifs is 1. The van der Waals surface area contributed by atoms with Crippen molar-refractivity contribution in [2.75, 3.05) is 34.3 Å². The van der Waals surface area contributed by atoms with Gasteiger partial charge in [0.15, 0.2) is 0 Å². The summed E-state index contributed by atoms with van der Waals surface area (Å²) in [5.74, 6) is 1.23. The quantitative estimate of drug-likeness (QED) is 0.573. The first-order valence-electron chi connectivity index (χ1n) is 11.6. The van der Waals surface area contributed by atoms with E-state index < -0.39 is 0 Å². The summed E-state index contributed by atoms with van der Waals surface area (Å²) in [4.78, 5) is 29.6. The maximum Gasteiger partial charge on any atom is 0.258 e. The van der Waals surface area contributed by atoms with Crippen LogP contribution < -0.4 is 10.3 Å². The normalized spacial score (nSPS) is 14.8. The second-order valence-corrected chi connectivity index (χ2v) is 9.20. The predicted octanol–water partition coefficient (Wildman–Crippen LogP) is 4.00. The van der Waals surface area contributed by atoms with Crippen LogP contribution in [-0.2, 0) is 17.9 Å². The van der Waals surface area contributed by atoms with E-state index in [9.17, 15) is 9.59 Å². The van der Waals surface area contributed by atoms with E-state index >= 15 is 0 Å². The summed E-state index contributed by atoms with van der Waals surface area (Å²) in [6.45, 7) is 4.46. The number of carbonyl (C=O) groups is 1. The van der Waals surface area contributed by atoms with Gasteiger partial charge in [0, 0.05) is 55.1 Å². The van der Waals surface area contributed by atoms with E-state index in [0.717, 1.165) is 53.9 Å². The van der Waals surface area contributed by atoms with Gasteiger partial charge in [0.1, 0.15) is 5.75 Å². The molecule has 2 heterocycles. The highest BCUT2D eigenvalue weighted by molar-refractivity contribution is 5.98. The van der Waals surface area contributed by atoms with Gasteiger partial charge >= 0.3 is 0 Å². The third-order valence-corrected chi connectivity index (χ3v) is 6.62. The number of benzene rings is 2. The lowest BCUT2D eigenvalue weighted by Crippen LogP contribution is -2.39. The van der Waals surface area contributed by atoms with Gasteiger partial charge in [-0.3, -0.25) is 9.59 Å². The lowest BCUT2D eigenvalue weighted by molar-refractivity contribution is -0.130. The van der Waals surface area contributed by atoms with Crippen LogP contribution in [0.1, 0.15) is 25.5 Å². The molecule has 0 N–H and O–H groups in total. The van der Waals surface area contributed by atoms with Crippen molar-refractivity contribution in [1.29, 1.82) is 0 Å². The molecule has 0 saturated carbocycles. The smallest absolute Gasteiger partial charge is 0.258 e. The second-order valence-electron chi connectivity index (χ2n) is 9.20. The number of pyridine rings is 1. The van der Waals surface area contributed by atoms with Gasteiger partial charge in [0.2, 0.25) is 5.91 Å². The van der Waals surface area contributed by atoms with Crippen LogP contribution in [0, 0.1) is 5.92 Å². The molecule has 1 amide bonds. The van der Waals surface area contributed by atoms with Gasteiger partial charge in [-0.1, -0.05) is 30.3 Å². The topological polar surface area (TPSA) is 54.8 Å². The number of methoxy groups -OCH3 is 1. The van der Waals surface area contributed by atoms with Crippen LogP contribution in [0.4, 0.5) is 0 Å². The number of nitrogens with zero attached hydrogens (tertiary/aromatic N) is 3. The number of piperidine rings is 1. The third-order valence-electron chi connectivity index (χ3n) is 6.62. The fourth-order valence-corrected chi connectivity index (χ4v) is 4.87. The number of ether oxygens (including phenoxy) is 1. The highest BCUT2D eigenvalue weighted by atomic mass is 16.5. The Bertz CT molecular complexity index is 1190. The Morgan fingerprint density at radius 1 is 1.06 bits per heavy atom. The van der Waals surface area contributed by atoms with Crippen LogP contribution in [0.3, 0.4) is 0 Å². The Morgan fingerprint density at radius 2 is 1.76 bits per heavy atom. The summed E-state index contributed by atoms with van der Waals surface area (Å²) < 4.78 is 7.49. The van der Waals surface area contributed by atoms with Crippen molar-refractivity contribution in [3.05, 3.63) is 64.6 Å². The molecule has 6 heteroatoms. The lowest BCUT2D eigenvalue weighted by atomic mass is 9.93.